The van der Waals surface area contributed by atoms with Crippen LogP contribution < -0.4 is 10.1 Å². The predicted molar refractivity (Wildman–Crippen MR) is 127 cm³/mol. The Morgan fingerprint density at radius 1 is 1.23 bits per heavy atom. The van der Waals surface area contributed by atoms with Crippen LogP contribution in [0.4, 0.5) is 5.69 Å². The van der Waals surface area contributed by atoms with Gasteiger partial charge in [0.2, 0.25) is 5.91 Å². The largest absolute Gasteiger partial charge is 0.481 e. The molecular weight excluding hydrogens is 479 g/mol. The number of halogens is 3. The molecular formula is C21H19Cl3N4O2S. The molecule has 0 aliphatic carbocycles. The lowest BCUT2D eigenvalue weighted by molar-refractivity contribution is -0.113. The van der Waals surface area contributed by atoms with Crippen LogP contribution in [-0.2, 0) is 11.3 Å². The molecule has 2 aromatic carbocycles. The normalized spacial score (nSPS) is 11.7. The molecule has 1 unspecified atom stereocenters. The lowest BCUT2D eigenvalue weighted by Gasteiger charge is -2.16. The van der Waals surface area contributed by atoms with Crippen molar-refractivity contribution < 1.29 is 9.53 Å². The van der Waals surface area contributed by atoms with Crippen molar-refractivity contribution in [2.24, 2.45) is 0 Å². The minimum atomic E-state index is -0.460. The highest BCUT2D eigenvalue weighted by Crippen LogP contribution is 2.32. The fourth-order valence-electron chi connectivity index (χ4n) is 2.71. The zero-order valence-corrected chi connectivity index (χ0v) is 19.6. The van der Waals surface area contributed by atoms with E-state index < -0.39 is 6.10 Å². The van der Waals surface area contributed by atoms with Crippen molar-refractivity contribution in [2.75, 3.05) is 11.1 Å². The van der Waals surface area contributed by atoms with Crippen molar-refractivity contribution in [3.8, 4) is 5.75 Å². The average Bonchev–Trinajstić information content (AvgIpc) is 3.12. The number of rotatable bonds is 9. The monoisotopic (exact) mass is 496 g/mol. The van der Waals surface area contributed by atoms with Crippen molar-refractivity contribution in [1.29, 1.82) is 0 Å². The van der Waals surface area contributed by atoms with Gasteiger partial charge in [0.05, 0.1) is 10.8 Å². The van der Waals surface area contributed by atoms with Crippen LogP contribution in [0, 0.1) is 0 Å². The number of benzene rings is 2. The van der Waals surface area contributed by atoms with Crippen molar-refractivity contribution in [3.63, 3.8) is 0 Å². The smallest absolute Gasteiger partial charge is 0.234 e. The standard InChI is InChI=1S/C21H19Cl3N4O2S/c1-3-9-28-20(13(2)30-18-11-15(23)7-8-17(18)24)26-27-21(28)31-12-19(29)25-16-6-4-5-14(22)10-16/h3-8,10-11,13H,1,9,12H2,2H3,(H,25,29). The highest BCUT2D eigenvalue weighted by molar-refractivity contribution is 7.99. The highest BCUT2D eigenvalue weighted by Gasteiger charge is 2.20. The van der Waals surface area contributed by atoms with Gasteiger partial charge in [-0.1, -0.05) is 58.7 Å². The molecule has 0 aliphatic rings. The number of anilines is 1. The van der Waals surface area contributed by atoms with Crippen LogP contribution >= 0.6 is 46.6 Å². The van der Waals surface area contributed by atoms with Crippen LogP contribution in [0.5, 0.6) is 5.75 Å². The molecule has 0 saturated carbocycles. The van der Waals surface area contributed by atoms with Crippen molar-refractivity contribution >= 4 is 58.2 Å². The van der Waals surface area contributed by atoms with E-state index in [9.17, 15) is 4.79 Å². The van der Waals surface area contributed by atoms with Crippen LogP contribution in [-0.4, -0.2) is 26.4 Å². The summed E-state index contributed by atoms with van der Waals surface area (Å²) >= 11 is 19.4. The Kier molecular flexibility index (Phi) is 8.26. The molecule has 1 amide bonds. The van der Waals surface area contributed by atoms with E-state index in [1.165, 1.54) is 11.8 Å². The minimum absolute atomic E-state index is 0.150. The number of nitrogens with one attached hydrogen (secondary N) is 1. The summed E-state index contributed by atoms with van der Waals surface area (Å²) in [7, 11) is 0. The van der Waals surface area contributed by atoms with Crippen LogP contribution in [0.2, 0.25) is 15.1 Å². The van der Waals surface area contributed by atoms with E-state index in [1.54, 1.807) is 48.5 Å². The molecule has 10 heteroatoms. The number of allylic oxidation sites excluding steroid dienone is 1. The summed E-state index contributed by atoms with van der Waals surface area (Å²) in [6.45, 7) is 6.08. The summed E-state index contributed by atoms with van der Waals surface area (Å²) in [6, 6.07) is 12.0. The summed E-state index contributed by atoms with van der Waals surface area (Å²) in [5.74, 6) is 0.993. The van der Waals surface area contributed by atoms with E-state index in [0.717, 1.165) is 0 Å². The zero-order chi connectivity index (χ0) is 22.4. The van der Waals surface area contributed by atoms with Crippen LogP contribution in [0.15, 0.2) is 60.3 Å². The third-order valence-electron chi connectivity index (χ3n) is 4.06. The molecule has 3 aromatic rings. The zero-order valence-electron chi connectivity index (χ0n) is 16.5. The number of nitrogens with zero attached hydrogens (tertiary/aromatic N) is 3. The molecule has 0 saturated heterocycles. The topological polar surface area (TPSA) is 69.0 Å². The third kappa shape index (κ3) is 6.40. The summed E-state index contributed by atoms with van der Waals surface area (Å²) < 4.78 is 7.79. The first kappa shape index (κ1) is 23.5. The average molecular weight is 498 g/mol. The number of hydrogen-bond acceptors (Lipinski definition) is 5. The Labute approximate surface area is 199 Å². The fourth-order valence-corrected chi connectivity index (χ4v) is 3.98. The molecule has 0 fully saturated rings. The second kappa shape index (κ2) is 10.9. The maximum atomic E-state index is 12.3. The summed E-state index contributed by atoms with van der Waals surface area (Å²) in [6.07, 6.45) is 1.26. The molecule has 162 valence electrons. The van der Waals surface area contributed by atoms with Gasteiger partial charge in [-0.3, -0.25) is 9.36 Å². The van der Waals surface area contributed by atoms with E-state index in [1.807, 2.05) is 11.5 Å². The number of carbonyl (C=O) groups is 1. The Balaban J connectivity index is 1.70. The molecule has 0 aliphatic heterocycles. The molecule has 6 nitrogen and oxygen atoms in total. The first-order valence-electron chi connectivity index (χ1n) is 9.21. The van der Waals surface area contributed by atoms with Gasteiger partial charge >= 0.3 is 0 Å². The van der Waals surface area contributed by atoms with Crippen molar-refractivity contribution in [1.82, 2.24) is 14.8 Å². The van der Waals surface area contributed by atoms with Gasteiger partial charge in [-0.15, -0.1) is 16.8 Å². The van der Waals surface area contributed by atoms with Gasteiger partial charge < -0.3 is 10.1 Å². The second-order valence-corrected chi connectivity index (χ2v) is 8.64. The maximum Gasteiger partial charge on any atom is 0.234 e. The third-order valence-corrected chi connectivity index (χ3v) is 5.81. The van der Waals surface area contributed by atoms with Crippen molar-refractivity contribution in [3.05, 3.63) is 76.0 Å². The lowest BCUT2D eigenvalue weighted by atomic mass is 10.3. The molecule has 1 atom stereocenters. The van der Waals surface area contributed by atoms with Gasteiger partial charge in [0.1, 0.15) is 5.75 Å². The van der Waals surface area contributed by atoms with Gasteiger partial charge in [0.25, 0.3) is 0 Å². The molecule has 0 bridgehead atoms. The summed E-state index contributed by atoms with van der Waals surface area (Å²) in [4.78, 5) is 12.3. The second-order valence-electron chi connectivity index (χ2n) is 6.42. The van der Waals surface area contributed by atoms with Crippen LogP contribution in [0.1, 0.15) is 18.9 Å². The maximum absolute atomic E-state index is 12.3. The first-order chi connectivity index (χ1) is 14.9. The van der Waals surface area contributed by atoms with E-state index in [4.69, 9.17) is 39.5 Å². The number of carbonyl (C=O) groups excluding carboxylic acids is 1. The SMILES string of the molecule is C=CCn1c(SCC(=O)Nc2cccc(Cl)c2)nnc1C(C)Oc1cc(Cl)ccc1Cl. The summed E-state index contributed by atoms with van der Waals surface area (Å²) in [5.41, 5.74) is 0.631. The van der Waals surface area contributed by atoms with Crippen LogP contribution in [0.25, 0.3) is 0 Å². The van der Waals surface area contributed by atoms with Gasteiger partial charge in [-0.05, 0) is 37.3 Å². The quantitative estimate of drug-likeness (QED) is 0.278. The van der Waals surface area contributed by atoms with E-state index in [0.29, 0.717) is 44.0 Å². The van der Waals surface area contributed by atoms with Crippen LogP contribution in [0.3, 0.4) is 0 Å². The lowest BCUT2D eigenvalue weighted by Crippen LogP contribution is -2.15. The Bertz CT molecular complexity index is 1090. The van der Waals surface area contributed by atoms with E-state index in [2.05, 4.69) is 22.1 Å². The first-order valence-corrected chi connectivity index (χ1v) is 11.3. The van der Waals surface area contributed by atoms with Gasteiger partial charge in [0, 0.05) is 28.3 Å². The number of aromatic nitrogens is 3. The molecule has 1 heterocycles. The Morgan fingerprint density at radius 3 is 2.74 bits per heavy atom. The summed E-state index contributed by atoms with van der Waals surface area (Å²) in [5, 5.41) is 13.4. The Hall–Kier alpha value is -2.19. The molecule has 1 N–H and O–H groups in total. The molecule has 0 spiro atoms. The van der Waals surface area contributed by atoms with Gasteiger partial charge in [0.15, 0.2) is 17.1 Å². The number of ether oxygens (including phenoxy) is 1. The molecule has 0 radical (unpaired) electrons. The molecule has 3 rings (SSSR count). The van der Waals surface area contributed by atoms with Gasteiger partial charge in [-0.2, -0.15) is 0 Å². The van der Waals surface area contributed by atoms with E-state index >= 15 is 0 Å². The number of hydrogen-bond donors (Lipinski definition) is 1. The number of thioether (sulfide) groups is 1. The fraction of sp³-hybridized carbons (Fsp3) is 0.190. The molecule has 31 heavy (non-hydrogen) atoms. The minimum Gasteiger partial charge on any atom is -0.481 e. The van der Waals surface area contributed by atoms with E-state index in [-0.39, 0.29) is 11.7 Å². The van der Waals surface area contributed by atoms with Crippen molar-refractivity contribution in [2.45, 2.75) is 24.7 Å². The number of amides is 1. The van der Waals surface area contributed by atoms with Gasteiger partial charge in [-0.25, -0.2) is 0 Å². The molecule has 1 aromatic heterocycles. The predicted octanol–water partition coefficient (Wildman–Crippen LogP) is 6.30. The highest BCUT2D eigenvalue weighted by atomic mass is 35.5. The Morgan fingerprint density at radius 2 is 2.00 bits per heavy atom.